The van der Waals surface area contributed by atoms with Crippen LogP contribution < -0.4 is 4.90 Å². The average Bonchev–Trinajstić information content (AvgIpc) is 2.39. The first-order valence-electron chi connectivity index (χ1n) is 4.84. The molecule has 6 heteroatoms. The Morgan fingerprint density at radius 1 is 1.18 bits per heavy atom. The first kappa shape index (κ1) is 15.5. The number of benzene rings is 1. The number of amides is 1. The van der Waals surface area contributed by atoms with Crippen LogP contribution in [0.1, 0.15) is 11.1 Å². The number of nitrogens with zero attached hydrogens (tertiary/aromatic N) is 1. The summed E-state index contributed by atoms with van der Waals surface area (Å²) < 4.78 is 0. The number of alkyl halides is 4. The van der Waals surface area contributed by atoms with Crippen LogP contribution in [-0.2, 0) is 15.5 Å². The summed E-state index contributed by atoms with van der Waals surface area (Å²) in [5.41, 5.74) is 3.49. The first-order valence-corrected chi connectivity index (χ1v) is 8.74. The summed E-state index contributed by atoms with van der Waals surface area (Å²) in [6.45, 7) is 0. The monoisotopic (exact) mass is 445 g/mol. The van der Waals surface area contributed by atoms with Crippen molar-refractivity contribution < 1.29 is 4.79 Å². The van der Waals surface area contributed by atoms with E-state index in [1.54, 1.807) is 4.90 Å². The Balaban J connectivity index is 3.29. The Hall–Kier alpha value is 0.420. The number of carbonyl (C=O) groups excluding carboxylic acids is 1. The Morgan fingerprint density at radius 3 is 2.06 bits per heavy atom. The second kappa shape index (κ2) is 7.77. The van der Waals surface area contributed by atoms with Crippen molar-refractivity contribution in [2.75, 3.05) is 16.2 Å². The van der Waals surface area contributed by atoms with Crippen LogP contribution in [-0.4, -0.2) is 17.2 Å². The lowest BCUT2D eigenvalue weighted by atomic mass is 10.1. The molecule has 0 atom stereocenters. The largest absolute Gasteiger partial charge is 0.300 e. The Kier molecular flexibility index (Phi) is 7.07. The van der Waals surface area contributed by atoms with Gasteiger partial charge in [-0.15, -0.1) is 11.6 Å². The highest BCUT2D eigenvalue weighted by atomic mass is 79.9. The second-order valence-electron chi connectivity index (χ2n) is 3.27. The molecule has 0 bridgehead atoms. The number of anilines is 1. The van der Waals surface area contributed by atoms with Gasteiger partial charge in [0.05, 0.1) is 11.1 Å². The average molecular weight is 448 g/mol. The quantitative estimate of drug-likeness (QED) is 0.483. The zero-order valence-electron chi connectivity index (χ0n) is 8.93. The van der Waals surface area contributed by atoms with E-state index in [1.807, 2.05) is 18.2 Å². The molecule has 1 aromatic rings. The maximum atomic E-state index is 11.8. The molecule has 0 fully saturated rings. The predicted octanol–water partition coefficient (Wildman–Crippen LogP) is 4.40. The number of para-hydroxylation sites is 1. The molecule has 0 radical (unpaired) electrons. The molecule has 1 amide bonds. The third kappa shape index (κ3) is 3.69. The summed E-state index contributed by atoms with van der Waals surface area (Å²) in [7, 11) is 0. The van der Waals surface area contributed by atoms with Crippen LogP contribution in [0.25, 0.3) is 0 Å². The van der Waals surface area contributed by atoms with Crippen molar-refractivity contribution in [2.45, 2.75) is 10.7 Å². The summed E-state index contributed by atoms with van der Waals surface area (Å²) in [6.07, 6.45) is 0. The SMILES string of the molecule is O=C(CCl)N(CBr)c1c(CBr)cccc1CBr. The number of rotatable bonds is 5. The van der Waals surface area contributed by atoms with Crippen molar-refractivity contribution in [1.82, 2.24) is 0 Å². The third-order valence-electron chi connectivity index (χ3n) is 2.30. The molecule has 0 saturated heterocycles. The highest BCUT2D eigenvalue weighted by Crippen LogP contribution is 2.30. The van der Waals surface area contributed by atoms with Gasteiger partial charge < -0.3 is 4.90 Å². The lowest BCUT2D eigenvalue weighted by molar-refractivity contribution is -0.116. The molecule has 0 saturated carbocycles. The van der Waals surface area contributed by atoms with E-state index in [4.69, 9.17) is 11.6 Å². The van der Waals surface area contributed by atoms with E-state index >= 15 is 0 Å². The lowest BCUT2D eigenvalue weighted by Gasteiger charge is -2.24. The minimum Gasteiger partial charge on any atom is -0.300 e. The van der Waals surface area contributed by atoms with Gasteiger partial charge in [0, 0.05) is 10.7 Å². The standard InChI is InChI=1S/C11H11Br3ClNO/c12-4-8-2-1-3-9(5-13)11(8)16(7-14)10(17)6-15/h1-3H,4-7H2. The zero-order valence-corrected chi connectivity index (χ0v) is 14.4. The molecular weight excluding hydrogens is 437 g/mol. The van der Waals surface area contributed by atoms with Crippen molar-refractivity contribution in [3.05, 3.63) is 29.3 Å². The molecule has 2 nitrogen and oxygen atoms in total. The van der Waals surface area contributed by atoms with E-state index in [1.165, 1.54) is 0 Å². The Morgan fingerprint density at radius 2 is 1.71 bits per heavy atom. The molecule has 0 unspecified atom stereocenters. The van der Waals surface area contributed by atoms with Crippen molar-refractivity contribution in [3.63, 3.8) is 0 Å². The molecule has 1 aromatic carbocycles. The van der Waals surface area contributed by atoms with E-state index in [2.05, 4.69) is 47.8 Å². The van der Waals surface area contributed by atoms with E-state index in [9.17, 15) is 4.79 Å². The van der Waals surface area contributed by atoms with Crippen LogP contribution in [0.5, 0.6) is 0 Å². The van der Waals surface area contributed by atoms with Crippen LogP contribution in [0.2, 0.25) is 0 Å². The van der Waals surface area contributed by atoms with Crippen LogP contribution in [0.4, 0.5) is 5.69 Å². The van der Waals surface area contributed by atoms with Crippen molar-refractivity contribution in [2.24, 2.45) is 0 Å². The van der Waals surface area contributed by atoms with Crippen molar-refractivity contribution in [1.29, 1.82) is 0 Å². The number of hydrogen-bond donors (Lipinski definition) is 0. The van der Waals surface area contributed by atoms with Gasteiger partial charge in [0.25, 0.3) is 0 Å². The normalized spacial score (nSPS) is 10.4. The molecule has 0 heterocycles. The molecule has 0 aliphatic heterocycles. The zero-order chi connectivity index (χ0) is 12.8. The molecule has 1 rings (SSSR count). The first-order chi connectivity index (χ1) is 8.19. The fourth-order valence-electron chi connectivity index (χ4n) is 1.53. The van der Waals surface area contributed by atoms with Gasteiger partial charge in [0.1, 0.15) is 5.88 Å². The van der Waals surface area contributed by atoms with Gasteiger partial charge >= 0.3 is 0 Å². The van der Waals surface area contributed by atoms with E-state index in [0.29, 0.717) is 16.1 Å². The van der Waals surface area contributed by atoms with E-state index in [0.717, 1.165) is 16.8 Å². The predicted molar refractivity (Wildman–Crippen MR) is 83.7 cm³/mol. The van der Waals surface area contributed by atoms with Crippen molar-refractivity contribution >= 4 is 71.0 Å². The molecular formula is C11H11Br3ClNO. The summed E-state index contributed by atoms with van der Waals surface area (Å²) in [5, 5.41) is 1.39. The lowest BCUT2D eigenvalue weighted by Crippen LogP contribution is -2.32. The van der Waals surface area contributed by atoms with Crippen LogP contribution in [0.3, 0.4) is 0 Å². The van der Waals surface area contributed by atoms with Gasteiger partial charge in [-0.25, -0.2) is 0 Å². The van der Waals surface area contributed by atoms with Gasteiger partial charge in [-0.2, -0.15) is 0 Å². The molecule has 0 N–H and O–H groups in total. The number of halogens is 4. The molecule has 0 aliphatic rings. The smallest absolute Gasteiger partial charge is 0.242 e. The summed E-state index contributed by atoms with van der Waals surface area (Å²) in [5.74, 6) is -0.136. The van der Waals surface area contributed by atoms with Crippen LogP contribution in [0, 0.1) is 0 Å². The van der Waals surface area contributed by atoms with Crippen molar-refractivity contribution in [3.8, 4) is 0 Å². The Labute approximate surface area is 131 Å². The van der Waals surface area contributed by atoms with Gasteiger partial charge in [0.15, 0.2) is 0 Å². The summed E-state index contributed by atoms with van der Waals surface area (Å²) >= 11 is 15.8. The molecule has 17 heavy (non-hydrogen) atoms. The minimum absolute atomic E-state index is 0.0239. The highest BCUT2D eigenvalue weighted by molar-refractivity contribution is 9.09. The maximum Gasteiger partial charge on any atom is 0.242 e. The van der Waals surface area contributed by atoms with Gasteiger partial charge in [0.2, 0.25) is 5.91 Å². The van der Waals surface area contributed by atoms with Crippen LogP contribution in [0.15, 0.2) is 18.2 Å². The molecule has 0 spiro atoms. The number of hydrogen-bond acceptors (Lipinski definition) is 1. The van der Waals surface area contributed by atoms with Gasteiger partial charge in [-0.05, 0) is 11.1 Å². The number of carbonyl (C=O) groups is 1. The molecule has 0 aliphatic carbocycles. The Bertz CT molecular complexity index is 378. The highest BCUT2D eigenvalue weighted by Gasteiger charge is 2.19. The maximum absolute atomic E-state index is 11.8. The van der Waals surface area contributed by atoms with Gasteiger partial charge in [-0.3, -0.25) is 4.79 Å². The summed E-state index contributed by atoms with van der Waals surface area (Å²) in [6, 6.07) is 5.97. The van der Waals surface area contributed by atoms with E-state index < -0.39 is 0 Å². The third-order valence-corrected chi connectivity index (χ3v) is 4.23. The molecule has 0 aromatic heterocycles. The van der Waals surface area contributed by atoms with Gasteiger partial charge in [-0.1, -0.05) is 66.0 Å². The topological polar surface area (TPSA) is 20.3 Å². The fourth-order valence-corrected chi connectivity index (χ4v) is 3.11. The fraction of sp³-hybridized carbons (Fsp3) is 0.364. The molecule has 94 valence electrons. The second-order valence-corrected chi connectivity index (χ2v) is 5.16. The summed E-state index contributed by atoms with van der Waals surface area (Å²) in [4.78, 5) is 13.5. The van der Waals surface area contributed by atoms with E-state index in [-0.39, 0.29) is 11.8 Å². The minimum atomic E-state index is -0.112. The van der Waals surface area contributed by atoms with Crippen LogP contribution >= 0.6 is 59.4 Å².